The van der Waals surface area contributed by atoms with Gasteiger partial charge in [-0.1, -0.05) is 32.0 Å². The molecular formula is C12H13NO2. The molecule has 0 radical (unpaired) electrons. The Labute approximate surface area is 87.9 Å². The molecule has 78 valence electrons. The van der Waals surface area contributed by atoms with Crippen LogP contribution < -0.4 is 0 Å². The highest BCUT2D eigenvalue weighted by Crippen LogP contribution is 2.27. The lowest BCUT2D eigenvalue weighted by molar-refractivity contribution is 0.197. The van der Waals surface area contributed by atoms with E-state index in [4.69, 9.17) is 5.11 Å². The minimum absolute atomic E-state index is 0.329. The molecule has 1 N–H and O–H groups in total. The Morgan fingerprint density at radius 3 is 2.60 bits per heavy atom. The van der Waals surface area contributed by atoms with Crippen LogP contribution >= 0.6 is 0 Å². The number of aromatic nitrogens is 1. The van der Waals surface area contributed by atoms with Crippen LogP contribution in [0.5, 0.6) is 0 Å². The van der Waals surface area contributed by atoms with Crippen LogP contribution in [-0.2, 0) is 0 Å². The van der Waals surface area contributed by atoms with Crippen LogP contribution in [0.3, 0.4) is 0 Å². The van der Waals surface area contributed by atoms with Crippen molar-refractivity contribution in [3.63, 3.8) is 0 Å². The van der Waals surface area contributed by atoms with Crippen molar-refractivity contribution in [1.29, 1.82) is 0 Å². The van der Waals surface area contributed by atoms with Crippen molar-refractivity contribution in [2.45, 2.75) is 19.8 Å². The molecule has 0 fully saturated rings. The predicted octanol–water partition coefficient (Wildman–Crippen LogP) is 3.29. The normalized spacial score (nSPS) is 11.1. The van der Waals surface area contributed by atoms with Crippen LogP contribution in [0.25, 0.3) is 10.9 Å². The summed E-state index contributed by atoms with van der Waals surface area (Å²) >= 11 is 0. The fourth-order valence-electron chi connectivity index (χ4n) is 1.82. The third-order valence-electron chi connectivity index (χ3n) is 2.57. The number of hydrogen-bond donors (Lipinski definition) is 1. The first kappa shape index (κ1) is 9.77. The van der Waals surface area contributed by atoms with Gasteiger partial charge in [0, 0.05) is 11.6 Å². The van der Waals surface area contributed by atoms with E-state index >= 15 is 0 Å². The van der Waals surface area contributed by atoms with E-state index in [1.165, 1.54) is 4.57 Å². The lowest BCUT2D eigenvalue weighted by Crippen LogP contribution is -2.05. The van der Waals surface area contributed by atoms with Gasteiger partial charge < -0.3 is 5.11 Å². The Hall–Kier alpha value is -1.77. The van der Waals surface area contributed by atoms with Gasteiger partial charge in [-0.25, -0.2) is 4.79 Å². The monoisotopic (exact) mass is 203 g/mol. The number of carboxylic acid groups (broad SMARTS) is 1. The van der Waals surface area contributed by atoms with Crippen LogP contribution in [0.15, 0.2) is 30.5 Å². The number of hydrogen-bond acceptors (Lipinski definition) is 1. The van der Waals surface area contributed by atoms with Gasteiger partial charge in [0.1, 0.15) is 0 Å². The maximum atomic E-state index is 11.0. The summed E-state index contributed by atoms with van der Waals surface area (Å²) in [4.78, 5) is 11.0. The molecule has 2 aromatic rings. The molecule has 0 spiro atoms. The van der Waals surface area contributed by atoms with E-state index in [9.17, 15) is 4.79 Å². The van der Waals surface area contributed by atoms with E-state index in [0.717, 1.165) is 16.5 Å². The average molecular weight is 203 g/mol. The van der Waals surface area contributed by atoms with Crippen LogP contribution in [0, 0.1) is 0 Å². The lowest BCUT2D eigenvalue weighted by Gasteiger charge is -2.00. The number of nitrogens with zero attached hydrogens (tertiary/aromatic N) is 1. The summed E-state index contributed by atoms with van der Waals surface area (Å²) in [7, 11) is 0. The molecule has 0 bridgehead atoms. The zero-order chi connectivity index (χ0) is 11.0. The summed E-state index contributed by atoms with van der Waals surface area (Å²) in [5.74, 6) is 0.329. The summed E-state index contributed by atoms with van der Waals surface area (Å²) < 4.78 is 1.28. The average Bonchev–Trinajstić information content (AvgIpc) is 2.56. The molecule has 0 amide bonds. The highest BCUT2D eigenvalue weighted by molar-refractivity contribution is 5.91. The number of carbonyl (C=O) groups is 1. The molecule has 15 heavy (non-hydrogen) atoms. The summed E-state index contributed by atoms with van der Waals surface area (Å²) in [6.45, 7) is 4.13. The Balaban J connectivity index is 2.79. The first-order valence-electron chi connectivity index (χ1n) is 4.94. The molecule has 2 rings (SSSR count). The summed E-state index contributed by atoms with van der Waals surface area (Å²) in [5, 5.41) is 10.1. The smallest absolute Gasteiger partial charge is 0.416 e. The standard InChI is InChI=1S/C12H13NO2/c1-8(2)10-7-13(12(14)15)11-6-4-3-5-9(10)11/h3-8H,1-2H3,(H,14,15). The van der Waals surface area contributed by atoms with E-state index in [2.05, 4.69) is 13.8 Å². The minimum atomic E-state index is -0.932. The second-order valence-corrected chi connectivity index (χ2v) is 3.91. The van der Waals surface area contributed by atoms with Gasteiger partial charge in [0.2, 0.25) is 0 Å². The van der Waals surface area contributed by atoms with Crippen molar-refractivity contribution in [3.05, 3.63) is 36.0 Å². The molecule has 0 saturated carbocycles. The number of rotatable bonds is 1. The maximum absolute atomic E-state index is 11.0. The number of benzene rings is 1. The number of para-hydroxylation sites is 1. The van der Waals surface area contributed by atoms with Crippen LogP contribution in [0.1, 0.15) is 25.3 Å². The second-order valence-electron chi connectivity index (χ2n) is 3.91. The molecule has 1 aromatic heterocycles. The van der Waals surface area contributed by atoms with Crippen LogP contribution in [-0.4, -0.2) is 15.8 Å². The summed E-state index contributed by atoms with van der Waals surface area (Å²) in [6, 6.07) is 7.58. The quantitative estimate of drug-likeness (QED) is 0.772. The predicted molar refractivity (Wildman–Crippen MR) is 59.4 cm³/mol. The van der Waals surface area contributed by atoms with E-state index in [-0.39, 0.29) is 0 Å². The van der Waals surface area contributed by atoms with Gasteiger partial charge in [-0.3, -0.25) is 4.57 Å². The van der Waals surface area contributed by atoms with Crippen molar-refractivity contribution >= 4 is 17.0 Å². The van der Waals surface area contributed by atoms with Crippen molar-refractivity contribution in [2.75, 3.05) is 0 Å². The van der Waals surface area contributed by atoms with Crippen LogP contribution in [0.4, 0.5) is 4.79 Å². The zero-order valence-corrected chi connectivity index (χ0v) is 8.77. The lowest BCUT2D eigenvalue weighted by atomic mass is 10.0. The molecule has 0 unspecified atom stereocenters. The van der Waals surface area contributed by atoms with Gasteiger partial charge in [-0.15, -0.1) is 0 Å². The van der Waals surface area contributed by atoms with Crippen LogP contribution in [0.2, 0.25) is 0 Å². The number of fused-ring (bicyclic) bond motifs is 1. The first-order valence-corrected chi connectivity index (χ1v) is 4.94. The van der Waals surface area contributed by atoms with Gasteiger partial charge in [-0.2, -0.15) is 0 Å². The summed E-state index contributed by atoms with van der Waals surface area (Å²) in [6.07, 6.45) is 0.774. The molecule has 3 nitrogen and oxygen atoms in total. The van der Waals surface area contributed by atoms with Crippen molar-refractivity contribution in [1.82, 2.24) is 4.57 Å². The molecule has 0 aliphatic heterocycles. The van der Waals surface area contributed by atoms with Gasteiger partial charge in [-0.05, 0) is 17.5 Å². The molecule has 0 atom stereocenters. The Morgan fingerprint density at radius 1 is 1.33 bits per heavy atom. The van der Waals surface area contributed by atoms with Gasteiger partial charge >= 0.3 is 6.09 Å². The zero-order valence-electron chi connectivity index (χ0n) is 8.77. The molecule has 0 aliphatic rings. The van der Waals surface area contributed by atoms with Crippen molar-refractivity contribution in [2.24, 2.45) is 0 Å². The Bertz CT molecular complexity index is 511. The molecule has 1 heterocycles. The van der Waals surface area contributed by atoms with Crippen molar-refractivity contribution in [3.8, 4) is 0 Å². The van der Waals surface area contributed by atoms with Gasteiger partial charge in [0.15, 0.2) is 0 Å². The molecule has 1 aromatic carbocycles. The SMILES string of the molecule is CC(C)c1cn(C(=O)O)c2ccccc12. The summed E-state index contributed by atoms with van der Waals surface area (Å²) in [5.41, 5.74) is 1.83. The largest absolute Gasteiger partial charge is 0.464 e. The maximum Gasteiger partial charge on any atom is 0.416 e. The van der Waals surface area contributed by atoms with E-state index in [0.29, 0.717) is 5.92 Å². The van der Waals surface area contributed by atoms with Crippen molar-refractivity contribution < 1.29 is 9.90 Å². The van der Waals surface area contributed by atoms with E-state index < -0.39 is 6.09 Å². The Kier molecular flexibility index (Phi) is 2.23. The van der Waals surface area contributed by atoms with Gasteiger partial charge in [0.25, 0.3) is 0 Å². The van der Waals surface area contributed by atoms with E-state index in [1.807, 2.05) is 24.3 Å². The topological polar surface area (TPSA) is 42.2 Å². The van der Waals surface area contributed by atoms with E-state index in [1.54, 1.807) is 6.20 Å². The molecule has 0 saturated heterocycles. The first-order chi connectivity index (χ1) is 7.11. The fourth-order valence-corrected chi connectivity index (χ4v) is 1.82. The molecule has 0 aliphatic carbocycles. The third kappa shape index (κ3) is 1.50. The second kappa shape index (κ2) is 3.42. The molecular weight excluding hydrogens is 190 g/mol. The highest BCUT2D eigenvalue weighted by Gasteiger charge is 2.13. The molecule has 3 heteroatoms. The third-order valence-corrected chi connectivity index (χ3v) is 2.57. The Morgan fingerprint density at radius 2 is 2.00 bits per heavy atom. The highest BCUT2D eigenvalue weighted by atomic mass is 16.4. The van der Waals surface area contributed by atoms with Gasteiger partial charge in [0.05, 0.1) is 5.52 Å². The minimum Gasteiger partial charge on any atom is -0.464 e. The fraction of sp³-hybridized carbons (Fsp3) is 0.250.